The molecule has 29 heavy (non-hydrogen) atoms. The van der Waals surface area contributed by atoms with Crippen LogP contribution in [0.3, 0.4) is 0 Å². The summed E-state index contributed by atoms with van der Waals surface area (Å²) in [6, 6.07) is 13.0. The van der Waals surface area contributed by atoms with Crippen molar-refractivity contribution in [1.29, 1.82) is 0 Å². The molecule has 0 atom stereocenters. The summed E-state index contributed by atoms with van der Waals surface area (Å²) in [5.41, 5.74) is 9.80. The highest BCUT2D eigenvalue weighted by atomic mass is 79.9. The number of Topliss-reactive ketones (excluding diaryl/α,β-unsaturated/α-hetero) is 1. The van der Waals surface area contributed by atoms with E-state index in [1.54, 1.807) is 24.3 Å². The Morgan fingerprint density at radius 1 is 1.17 bits per heavy atom. The summed E-state index contributed by atoms with van der Waals surface area (Å²) < 4.78 is 7.49. The zero-order valence-corrected chi connectivity index (χ0v) is 18.4. The van der Waals surface area contributed by atoms with E-state index < -0.39 is 0 Å². The average Bonchev–Trinajstić information content (AvgIpc) is 3.04. The lowest BCUT2D eigenvalue weighted by molar-refractivity contribution is -0.656. The van der Waals surface area contributed by atoms with E-state index in [0.717, 1.165) is 56.0 Å². The molecular weight excluding hydrogens is 456 g/mol. The first kappa shape index (κ1) is 21.8. The number of nitrogens with two attached hydrogens (primary N) is 1. The zero-order chi connectivity index (χ0) is 19.5. The second kappa shape index (κ2) is 9.71. The van der Waals surface area contributed by atoms with Crippen molar-refractivity contribution in [1.82, 2.24) is 9.88 Å². The number of ketones is 1. The fourth-order valence-corrected chi connectivity index (χ4v) is 3.77. The van der Waals surface area contributed by atoms with Gasteiger partial charge in [-0.3, -0.25) is 15.4 Å². The van der Waals surface area contributed by atoms with Crippen molar-refractivity contribution in [3.05, 3.63) is 58.6 Å². The fourth-order valence-electron chi connectivity index (χ4n) is 3.65. The molecule has 6 nitrogen and oxygen atoms in total. The second-order valence-corrected chi connectivity index (χ2v) is 7.47. The van der Waals surface area contributed by atoms with E-state index in [0.29, 0.717) is 23.0 Å². The van der Waals surface area contributed by atoms with Crippen LogP contribution in [0.5, 0.6) is 0 Å². The monoisotopic (exact) mass is 478 g/mol. The van der Waals surface area contributed by atoms with Crippen LogP contribution < -0.4 is 27.3 Å². The number of hydrogen-bond acceptors (Lipinski definition) is 4. The summed E-state index contributed by atoms with van der Waals surface area (Å²) in [4.78, 5) is 18.3. The number of para-hydroxylation sites is 1. The summed E-state index contributed by atoms with van der Waals surface area (Å²) in [5, 5.41) is 0.622. The summed E-state index contributed by atoms with van der Waals surface area (Å²) in [6.45, 7) is 5.17. The number of aromatic nitrogens is 2. The molecule has 8 heteroatoms. The van der Waals surface area contributed by atoms with Gasteiger partial charge in [-0.1, -0.05) is 23.7 Å². The third-order valence-corrected chi connectivity index (χ3v) is 5.48. The predicted octanol–water partition coefficient (Wildman–Crippen LogP) is -0.547. The van der Waals surface area contributed by atoms with E-state index in [1.807, 2.05) is 18.2 Å². The molecule has 0 saturated carbocycles. The standard InChI is InChI=1S/C21H23ClN4O2.BrH/c22-17-6-4-15(5-7-17)19(27)14-16-2-1-3-18-20(16)24-21(23)26(18)9-8-25-10-12-28-13-11-25;/h1-7H,8-14H2,(H2,23,24);1H. The SMILES string of the molecule is Nc1[nH]c2c(CC(=O)c3ccc(Cl)cc3)cccc2[n+]1CCN1CCOCC1.[Br-]. The topological polar surface area (TPSA) is 75.2 Å². The molecule has 1 aromatic heterocycles. The number of aromatic amines is 1. The summed E-state index contributed by atoms with van der Waals surface area (Å²) >= 11 is 5.92. The number of nitrogens with zero attached hydrogens (tertiary/aromatic N) is 2. The molecular formula is C21H24BrClN4O2. The van der Waals surface area contributed by atoms with Crippen LogP contribution in [-0.4, -0.2) is 48.5 Å². The Bertz CT molecular complexity index is 984. The largest absolute Gasteiger partial charge is 1.00 e. The van der Waals surface area contributed by atoms with E-state index in [1.165, 1.54) is 0 Å². The van der Waals surface area contributed by atoms with Gasteiger partial charge in [-0.05, 0) is 30.3 Å². The summed E-state index contributed by atoms with van der Waals surface area (Å²) in [7, 11) is 0. The number of H-pyrrole nitrogens is 1. The van der Waals surface area contributed by atoms with Crippen molar-refractivity contribution in [2.75, 3.05) is 38.6 Å². The van der Waals surface area contributed by atoms with Crippen molar-refractivity contribution >= 4 is 34.4 Å². The molecule has 0 unspecified atom stereocenters. The number of anilines is 1. The molecule has 2 aromatic carbocycles. The Hall–Kier alpha value is -1.93. The lowest BCUT2D eigenvalue weighted by Gasteiger charge is -2.25. The molecule has 1 saturated heterocycles. The number of morpholine rings is 1. The Balaban J connectivity index is 0.00000240. The van der Waals surface area contributed by atoms with Crippen LogP contribution in [0.25, 0.3) is 11.0 Å². The molecule has 1 aliphatic heterocycles. The van der Waals surface area contributed by atoms with Crippen LogP contribution in [0.2, 0.25) is 5.02 Å². The van der Waals surface area contributed by atoms with Crippen molar-refractivity contribution in [2.45, 2.75) is 13.0 Å². The minimum absolute atomic E-state index is 0. The van der Waals surface area contributed by atoms with Gasteiger partial charge in [0.05, 0.1) is 19.8 Å². The maximum atomic E-state index is 12.7. The minimum atomic E-state index is 0. The number of nitrogens with one attached hydrogen (secondary N) is 1. The molecule has 0 bridgehead atoms. The first-order valence-corrected chi connectivity index (χ1v) is 9.87. The first-order valence-electron chi connectivity index (χ1n) is 9.49. The molecule has 2 heterocycles. The number of fused-ring (bicyclic) bond motifs is 1. The van der Waals surface area contributed by atoms with E-state index in [-0.39, 0.29) is 22.8 Å². The average molecular weight is 480 g/mol. The van der Waals surface area contributed by atoms with Crippen LogP contribution in [0, 0.1) is 0 Å². The van der Waals surface area contributed by atoms with Crippen molar-refractivity contribution < 1.29 is 31.1 Å². The smallest absolute Gasteiger partial charge is 0.353 e. The Morgan fingerprint density at radius 2 is 1.90 bits per heavy atom. The number of carbonyl (C=O) groups excluding carboxylic acids is 1. The Labute approximate surface area is 185 Å². The molecule has 4 rings (SSSR count). The van der Waals surface area contributed by atoms with E-state index in [2.05, 4.69) is 14.5 Å². The van der Waals surface area contributed by atoms with Gasteiger partial charge in [0, 0.05) is 42.2 Å². The van der Waals surface area contributed by atoms with Gasteiger partial charge >= 0.3 is 5.95 Å². The quantitative estimate of drug-likeness (QED) is 0.368. The van der Waals surface area contributed by atoms with Gasteiger partial charge in [-0.2, -0.15) is 0 Å². The van der Waals surface area contributed by atoms with Crippen molar-refractivity contribution in [3.63, 3.8) is 0 Å². The number of ether oxygens (including phenoxy) is 1. The summed E-state index contributed by atoms with van der Waals surface area (Å²) in [6.07, 6.45) is 0.308. The van der Waals surface area contributed by atoms with Crippen LogP contribution in [0.4, 0.5) is 5.95 Å². The van der Waals surface area contributed by atoms with Gasteiger partial charge in [-0.25, -0.2) is 9.55 Å². The van der Waals surface area contributed by atoms with E-state index in [9.17, 15) is 4.79 Å². The highest BCUT2D eigenvalue weighted by molar-refractivity contribution is 6.30. The van der Waals surface area contributed by atoms with Crippen LogP contribution in [-0.2, 0) is 17.7 Å². The van der Waals surface area contributed by atoms with Gasteiger partial charge in [0.15, 0.2) is 5.78 Å². The van der Waals surface area contributed by atoms with Gasteiger partial charge in [0.1, 0.15) is 11.0 Å². The molecule has 0 amide bonds. The number of benzene rings is 2. The lowest BCUT2D eigenvalue weighted by Crippen LogP contribution is -3.00. The zero-order valence-electron chi connectivity index (χ0n) is 16.0. The number of carbonyl (C=O) groups is 1. The minimum Gasteiger partial charge on any atom is -1.00 e. The first-order chi connectivity index (χ1) is 13.6. The predicted molar refractivity (Wildman–Crippen MR) is 110 cm³/mol. The molecule has 3 N–H and O–H groups in total. The van der Waals surface area contributed by atoms with Gasteiger partial charge in [0.2, 0.25) is 0 Å². The summed E-state index contributed by atoms with van der Waals surface area (Å²) in [5.74, 6) is 0.659. The fraction of sp³-hybridized carbons (Fsp3) is 0.333. The molecule has 0 spiro atoms. The number of imidazole rings is 1. The maximum absolute atomic E-state index is 12.7. The van der Waals surface area contributed by atoms with Crippen LogP contribution in [0.15, 0.2) is 42.5 Å². The molecule has 0 aliphatic carbocycles. The van der Waals surface area contributed by atoms with Gasteiger partial charge in [-0.15, -0.1) is 0 Å². The molecule has 3 aromatic rings. The lowest BCUT2D eigenvalue weighted by atomic mass is 10.0. The number of rotatable bonds is 6. The molecule has 0 radical (unpaired) electrons. The van der Waals surface area contributed by atoms with E-state index >= 15 is 0 Å². The molecule has 1 fully saturated rings. The molecule has 1 aliphatic rings. The van der Waals surface area contributed by atoms with Crippen LogP contribution >= 0.6 is 11.6 Å². The highest BCUT2D eigenvalue weighted by Crippen LogP contribution is 2.19. The Morgan fingerprint density at radius 3 is 2.62 bits per heavy atom. The van der Waals surface area contributed by atoms with E-state index in [4.69, 9.17) is 22.1 Å². The normalized spacial score (nSPS) is 14.7. The van der Waals surface area contributed by atoms with Crippen molar-refractivity contribution in [2.24, 2.45) is 0 Å². The second-order valence-electron chi connectivity index (χ2n) is 7.03. The van der Waals surface area contributed by atoms with Crippen molar-refractivity contribution in [3.8, 4) is 0 Å². The highest BCUT2D eigenvalue weighted by Gasteiger charge is 2.20. The van der Waals surface area contributed by atoms with Crippen LogP contribution in [0.1, 0.15) is 15.9 Å². The number of halogens is 2. The van der Waals surface area contributed by atoms with Gasteiger partial charge < -0.3 is 21.7 Å². The Kier molecular flexibility index (Phi) is 7.29. The number of hydrogen-bond donors (Lipinski definition) is 2. The number of nitrogen functional groups attached to an aromatic ring is 1. The van der Waals surface area contributed by atoms with Gasteiger partial charge in [0.25, 0.3) is 0 Å². The maximum Gasteiger partial charge on any atom is 0.353 e. The molecule has 154 valence electrons. The third kappa shape index (κ3) is 4.98. The third-order valence-electron chi connectivity index (χ3n) is 5.22.